The van der Waals surface area contributed by atoms with E-state index in [-0.39, 0.29) is 5.91 Å². The minimum absolute atomic E-state index is 0.229. The van der Waals surface area contributed by atoms with Crippen LogP contribution in [0.15, 0.2) is 77.3 Å². The van der Waals surface area contributed by atoms with Crippen LogP contribution in [0.25, 0.3) is 33.5 Å². The highest BCUT2D eigenvalue weighted by Gasteiger charge is 2.18. The predicted octanol–water partition coefficient (Wildman–Crippen LogP) is 6.13. The quantitative estimate of drug-likeness (QED) is 0.368. The highest BCUT2D eigenvalue weighted by molar-refractivity contribution is 6.14. The van der Waals surface area contributed by atoms with Crippen LogP contribution < -0.4 is 5.32 Å². The second-order valence-corrected chi connectivity index (χ2v) is 8.03. The molecule has 0 atom stereocenters. The maximum atomic E-state index is 13.5. The van der Waals surface area contributed by atoms with Gasteiger partial charge < -0.3 is 9.84 Å². The van der Waals surface area contributed by atoms with Crippen molar-refractivity contribution in [3.8, 4) is 22.6 Å². The summed E-state index contributed by atoms with van der Waals surface area (Å²) in [6, 6.07) is 23.2. The smallest absolute Gasteiger partial charge is 0.256 e. The summed E-state index contributed by atoms with van der Waals surface area (Å²) < 4.78 is 5.12. The normalized spacial score (nSPS) is 11.0. The van der Waals surface area contributed by atoms with E-state index in [1.54, 1.807) is 6.92 Å². The van der Waals surface area contributed by atoms with Crippen LogP contribution in [0, 0.1) is 20.8 Å². The highest BCUT2D eigenvalue weighted by atomic mass is 16.5. The van der Waals surface area contributed by atoms with Crippen LogP contribution in [0.2, 0.25) is 0 Å². The number of aryl methyl sites for hydroxylation is 3. The van der Waals surface area contributed by atoms with Crippen LogP contribution in [0.4, 0.5) is 5.69 Å². The lowest BCUT2D eigenvalue weighted by Gasteiger charge is -2.13. The monoisotopic (exact) mass is 434 g/mol. The Morgan fingerprint density at radius 1 is 0.848 bits per heavy atom. The zero-order chi connectivity index (χ0) is 22.9. The first-order valence-corrected chi connectivity index (χ1v) is 10.7. The number of para-hydroxylation sites is 2. The van der Waals surface area contributed by atoms with Gasteiger partial charge in [-0.3, -0.25) is 4.79 Å². The van der Waals surface area contributed by atoms with Gasteiger partial charge >= 0.3 is 0 Å². The van der Waals surface area contributed by atoms with Crippen LogP contribution >= 0.6 is 0 Å². The van der Waals surface area contributed by atoms with Gasteiger partial charge in [0.1, 0.15) is 0 Å². The second kappa shape index (κ2) is 8.31. The number of fused-ring (bicyclic) bond motifs is 1. The SMILES string of the molecule is Cc1ccc(-c2cc(C(=O)Nc3ccccc3-c3noc(C)n3)c3ccccc3n2)c(C)c1. The number of aromatic nitrogens is 3. The van der Waals surface area contributed by atoms with Crippen molar-refractivity contribution < 1.29 is 9.32 Å². The van der Waals surface area contributed by atoms with Gasteiger partial charge in [0.15, 0.2) is 0 Å². The third kappa shape index (κ3) is 3.99. The third-order valence-electron chi connectivity index (χ3n) is 5.56. The molecule has 33 heavy (non-hydrogen) atoms. The van der Waals surface area contributed by atoms with Gasteiger partial charge in [-0.25, -0.2) is 4.98 Å². The topological polar surface area (TPSA) is 80.9 Å². The van der Waals surface area contributed by atoms with E-state index >= 15 is 0 Å². The van der Waals surface area contributed by atoms with Crippen LogP contribution in [-0.2, 0) is 0 Å². The van der Waals surface area contributed by atoms with Crippen molar-refractivity contribution >= 4 is 22.5 Å². The van der Waals surface area contributed by atoms with Gasteiger partial charge in [-0.1, -0.05) is 59.3 Å². The number of pyridine rings is 1. The Balaban J connectivity index is 1.60. The number of anilines is 1. The fraction of sp³-hybridized carbons (Fsp3) is 0.111. The first-order valence-electron chi connectivity index (χ1n) is 10.7. The van der Waals surface area contributed by atoms with Gasteiger partial charge in [0.2, 0.25) is 11.7 Å². The zero-order valence-corrected chi connectivity index (χ0v) is 18.6. The van der Waals surface area contributed by atoms with Gasteiger partial charge in [-0.2, -0.15) is 4.98 Å². The second-order valence-electron chi connectivity index (χ2n) is 8.03. The van der Waals surface area contributed by atoms with Gasteiger partial charge in [0, 0.05) is 23.4 Å². The lowest BCUT2D eigenvalue weighted by molar-refractivity contribution is 0.102. The molecule has 0 aliphatic rings. The summed E-state index contributed by atoms with van der Waals surface area (Å²) in [6.07, 6.45) is 0. The molecule has 0 aliphatic heterocycles. The molecule has 0 saturated carbocycles. The van der Waals surface area contributed by atoms with E-state index in [2.05, 4.69) is 47.5 Å². The molecular formula is C27H22N4O2. The number of rotatable bonds is 4. The summed E-state index contributed by atoms with van der Waals surface area (Å²) in [6.45, 7) is 5.85. The van der Waals surface area contributed by atoms with Crippen LogP contribution in [0.3, 0.4) is 0 Å². The van der Waals surface area contributed by atoms with Crippen molar-refractivity contribution in [3.05, 3.63) is 95.4 Å². The van der Waals surface area contributed by atoms with E-state index in [1.807, 2.05) is 54.6 Å². The third-order valence-corrected chi connectivity index (χ3v) is 5.56. The van der Waals surface area contributed by atoms with Crippen LogP contribution in [0.1, 0.15) is 27.4 Å². The Bertz CT molecular complexity index is 1500. The summed E-state index contributed by atoms with van der Waals surface area (Å²) in [4.78, 5) is 22.7. The molecule has 5 aromatic rings. The molecule has 0 fully saturated rings. The fourth-order valence-corrected chi connectivity index (χ4v) is 3.99. The average molecular weight is 434 g/mol. The van der Waals surface area contributed by atoms with Crippen molar-refractivity contribution in [1.29, 1.82) is 0 Å². The molecule has 0 spiro atoms. The van der Waals surface area contributed by atoms with Crippen LogP contribution in [-0.4, -0.2) is 21.0 Å². The average Bonchev–Trinajstić information content (AvgIpc) is 3.24. The van der Waals surface area contributed by atoms with E-state index in [0.29, 0.717) is 28.5 Å². The summed E-state index contributed by atoms with van der Waals surface area (Å²) in [5.74, 6) is 0.663. The molecule has 2 aromatic heterocycles. The fourth-order valence-electron chi connectivity index (χ4n) is 3.99. The zero-order valence-electron chi connectivity index (χ0n) is 18.6. The maximum absolute atomic E-state index is 13.5. The van der Waals surface area contributed by atoms with Crippen molar-refractivity contribution in [3.63, 3.8) is 0 Å². The molecule has 3 aromatic carbocycles. The summed E-state index contributed by atoms with van der Waals surface area (Å²) in [5.41, 5.74) is 6.68. The molecule has 162 valence electrons. The van der Waals surface area contributed by atoms with Gasteiger partial charge in [-0.15, -0.1) is 0 Å². The number of amides is 1. The highest BCUT2D eigenvalue weighted by Crippen LogP contribution is 2.30. The van der Waals surface area contributed by atoms with E-state index in [0.717, 1.165) is 27.7 Å². The lowest BCUT2D eigenvalue weighted by atomic mass is 9.99. The standard InChI is InChI=1S/C27H22N4O2/c1-16-12-13-19(17(2)14-16)25-15-22(20-8-4-6-10-23(20)29-25)27(32)30-24-11-7-5-9-21(24)26-28-18(3)33-31-26/h4-15H,1-3H3,(H,30,32). The molecule has 0 unspecified atom stereocenters. The summed E-state index contributed by atoms with van der Waals surface area (Å²) >= 11 is 0. The van der Waals surface area contributed by atoms with Crippen LogP contribution in [0.5, 0.6) is 0 Å². The van der Waals surface area contributed by atoms with Crippen molar-refractivity contribution in [1.82, 2.24) is 15.1 Å². The summed E-state index contributed by atoms with van der Waals surface area (Å²) in [7, 11) is 0. The maximum Gasteiger partial charge on any atom is 0.256 e. The minimum Gasteiger partial charge on any atom is -0.339 e. The molecule has 1 amide bonds. The Morgan fingerprint density at radius 3 is 2.42 bits per heavy atom. The first kappa shape index (κ1) is 20.6. The number of benzene rings is 3. The molecule has 5 rings (SSSR count). The van der Waals surface area contributed by atoms with Crippen molar-refractivity contribution in [2.24, 2.45) is 0 Å². The molecule has 6 heteroatoms. The van der Waals surface area contributed by atoms with E-state index in [4.69, 9.17) is 9.51 Å². The molecule has 0 saturated heterocycles. The molecule has 0 radical (unpaired) electrons. The van der Waals surface area contributed by atoms with E-state index < -0.39 is 0 Å². The van der Waals surface area contributed by atoms with E-state index in [9.17, 15) is 4.79 Å². The number of hydrogen-bond donors (Lipinski definition) is 1. The minimum atomic E-state index is -0.229. The number of carbonyl (C=O) groups excluding carboxylic acids is 1. The Kier molecular flexibility index (Phi) is 5.18. The van der Waals surface area contributed by atoms with E-state index in [1.165, 1.54) is 5.56 Å². The first-order chi connectivity index (χ1) is 16.0. The molecule has 2 heterocycles. The number of nitrogens with one attached hydrogen (secondary N) is 1. The largest absolute Gasteiger partial charge is 0.339 e. The van der Waals surface area contributed by atoms with Gasteiger partial charge in [-0.05, 0) is 43.7 Å². The molecule has 0 bridgehead atoms. The van der Waals surface area contributed by atoms with Gasteiger partial charge in [0.05, 0.1) is 22.5 Å². The Hall–Kier alpha value is -4.32. The van der Waals surface area contributed by atoms with Crippen molar-refractivity contribution in [2.45, 2.75) is 20.8 Å². The molecule has 1 N–H and O–H groups in total. The van der Waals surface area contributed by atoms with Crippen molar-refractivity contribution in [2.75, 3.05) is 5.32 Å². The Morgan fingerprint density at radius 2 is 1.64 bits per heavy atom. The molecule has 6 nitrogen and oxygen atoms in total. The predicted molar refractivity (Wildman–Crippen MR) is 129 cm³/mol. The number of nitrogens with zero attached hydrogens (tertiary/aromatic N) is 3. The Labute approximate surface area is 191 Å². The lowest BCUT2D eigenvalue weighted by Crippen LogP contribution is -2.14. The number of hydrogen-bond acceptors (Lipinski definition) is 5. The number of carbonyl (C=O) groups is 1. The molecule has 0 aliphatic carbocycles. The van der Waals surface area contributed by atoms with Gasteiger partial charge in [0.25, 0.3) is 5.91 Å². The molecular weight excluding hydrogens is 412 g/mol. The summed E-state index contributed by atoms with van der Waals surface area (Å²) in [5, 5.41) is 7.83.